The monoisotopic (exact) mass is 722 g/mol. The van der Waals surface area contributed by atoms with Crippen LogP contribution in [-0.4, -0.2) is 16.6 Å². The van der Waals surface area contributed by atoms with Crippen molar-refractivity contribution in [2.24, 2.45) is 0 Å². The summed E-state index contributed by atoms with van der Waals surface area (Å²) in [6.07, 6.45) is 1.95. The van der Waals surface area contributed by atoms with Gasteiger partial charge in [-0.1, -0.05) is 121 Å². The fourth-order valence-corrected chi connectivity index (χ4v) is 9.60. The third-order valence-corrected chi connectivity index (χ3v) is 12.0. The van der Waals surface area contributed by atoms with Crippen LogP contribution in [0.2, 0.25) is 0 Å². The lowest BCUT2D eigenvalue weighted by atomic mass is 9.67. The molecule has 3 heterocycles. The second-order valence-electron chi connectivity index (χ2n) is 15.0. The van der Waals surface area contributed by atoms with E-state index < -0.39 is 5.41 Å². The van der Waals surface area contributed by atoms with Crippen LogP contribution in [0, 0.1) is 13.8 Å². The van der Waals surface area contributed by atoms with Crippen LogP contribution >= 0.6 is 0 Å². The molecule has 0 unspecified atom stereocenters. The van der Waals surface area contributed by atoms with E-state index in [1.807, 2.05) is 29.4 Å². The Hall–Kier alpha value is -6.95. The smallest absolute Gasteiger partial charge is 0.138 e. The highest BCUT2D eigenvalue weighted by atomic mass is 16.8. The predicted octanol–water partition coefficient (Wildman–Crippen LogP) is 12.3. The first kappa shape index (κ1) is 32.5. The van der Waals surface area contributed by atoms with Gasteiger partial charge in [-0.15, -0.1) is 4.94 Å². The minimum Gasteiger partial charge on any atom is -0.294 e. The minimum atomic E-state index is -0.628. The van der Waals surface area contributed by atoms with Gasteiger partial charge in [0.2, 0.25) is 0 Å². The highest BCUT2D eigenvalue weighted by Crippen LogP contribution is 2.57. The molecule has 0 fully saturated rings. The summed E-state index contributed by atoms with van der Waals surface area (Å²) in [6.45, 7) is 4.38. The number of para-hydroxylation sites is 3. The van der Waals surface area contributed by atoms with Gasteiger partial charge in [-0.2, -0.15) is 5.06 Å². The zero-order chi connectivity index (χ0) is 37.5. The lowest BCUT2D eigenvalue weighted by Crippen LogP contribution is -2.29. The van der Waals surface area contributed by atoms with Crippen LogP contribution in [0.5, 0.6) is 0 Å². The Balaban J connectivity index is 1.19. The van der Waals surface area contributed by atoms with Crippen LogP contribution in [0.3, 0.4) is 0 Å². The number of aromatic nitrogens is 2. The van der Waals surface area contributed by atoms with Crippen LogP contribution in [0.1, 0.15) is 33.4 Å². The number of hydroxylamine groups is 1. The van der Waals surface area contributed by atoms with Gasteiger partial charge in [0, 0.05) is 24.0 Å². The fourth-order valence-electron chi connectivity index (χ4n) is 9.60. The Morgan fingerprint density at radius 2 is 1.18 bits per heavy atom. The normalized spacial score (nSPS) is 14.0. The Bertz CT molecular complexity index is 2970. The lowest BCUT2D eigenvalue weighted by Gasteiger charge is -2.34. The summed E-state index contributed by atoms with van der Waals surface area (Å²) in [7, 11) is 1.95. The van der Waals surface area contributed by atoms with E-state index in [1.165, 1.54) is 60.8 Å². The first-order valence-electron chi connectivity index (χ1n) is 19.2. The number of nitrogens with zero attached hydrogens (tertiary/aromatic N) is 4. The number of hydrogen-bond acceptors (Lipinski definition) is 4. The molecular weight excluding hydrogens is 685 g/mol. The molecule has 0 atom stereocenters. The summed E-state index contributed by atoms with van der Waals surface area (Å²) in [5.74, 6) is 0.894. The van der Waals surface area contributed by atoms with Crippen molar-refractivity contribution in [1.29, 1.82) is 0 Å². The molecule has 0 radical (unpaired) electrons. The van der Waals surface area contributed by atoms with Gasteiger partial charge in [-0.25, -0.2) is 10.0 Å². The topological polar surface area (TPSA) is 33.5 Å². The van der Waals surface area contributed by atoms with E-state index in [9.17, 15) is 0 Å². The molecule has 0 saturated heterocycles. The molecule has 1 aliphatic carbocycles. The van der Waals surface area contributed by atoms with Crippen molar-refractivity contribution in [3.05, 3.63) is 209 Å². The summed E-state index contributed by atoms with van der Waals surface area (Å²) >= 11 is 0. The summed E-state index contributed by atoms with van der Waals surface area (Å²) in [4.78, 5) is 11.4. The molecule has 1 aliphatic heterocycles. The average Bonchev–Trinajstić information content (AvgIpc) is 3.87. The van der Waals surface area contributed by atoms with E-state index in [0.29, 0.717) is 0 Å². The van der Waals surface area contributed by atoms with Gasteiger partial charge in [0.25, 0.3) is 0 Å². The fraction of sp³-hybridized carbons (Fsp3) is 0.0784. The molecule has 5 heteroatoms. The SMILES string of the molecule is Cc1cccc(C)c1-c1ccnc(-n2c3ccccc3c3ccc(C4(c5cccc(N6ON(C)c7ccccc76)c5)c5ccccc5-c5ccccc54)cc32)c1. The maximum atomic E-state index is 6.38. The van der Waals surface area contributed by atoms with Gasteiger partial charge in [0.05, 0.1) is 33.5 Å². The van der Waals surface area contributed by atoms with Gasteiger partial charge in [0.15, 0.2) is 0 Å². The molecule has 2 aromatic heterocycles. The molecule has 11 rings (SSSR count). The minimum absolute atomic E-state index is 0.628. The number of fused-ring (bicyclic) bond motifs is 7. The van der Waals surface area contributed by atoms with E-state index in [2.05, 4.69) is 182 Å². The van der Waals surface area contributed by atoms with E-state index in [4.69, 9.17) is 9.92 Å². The summed E-state index contributed by atoms with van der Waals surface area (Å²) in [5, 5.41) is 6.16. The van der Waals surface area contributed by atoms with E-state index >= 15 is 0 Å². The Labute approximate surface area is 326 Å². The number of anilines is 3. The molecule has 9 aromatic rings. The van der Waals surface area contributed by atoms with Crippen molar-refractivity contribution >= 4 is 38.9 Å². The number of benzene rings is 7. The average molecular weight is 723 g/mol. The molecule has 0 saturated carbocycles. The van der Waals surface area contributed by atoms with Crippen LogP contribution in [-0.2, 0) is 10.4 Å². The lowest BCUT2D eigenvalue weighted by molar-refractivity contribution is 0.142. The number of aryl methyl sites for hydroxylation is 2. The molecule has 0 N–H and O–H groups in total. The number of hydrogen-bond donors (Lipinski definition) is 0. The molecule has 56 heavy (non-hydrogen) atoms. The van der Waals surface area contributed by atoms with E-state index in [-0.39, 0.29) is 0 Å². The van der Waals surface area contributed by atoms with Gasteiger partial charge in [-0.05, 0) is 118 Å². The summed E-state index contributed by atoms with van der Waals surface area (Å²) < 4.78 is 2.35. The van der Waals surface area contributed by atoms with Crippen molar-refractivity contribution in [3.63, 3.8) is 0 Å². The van der Waals surface area contributed by atoms with Crippen LogP contribution in [0.4, 0.5) is 17.1 Å². The Kier molecular flexibility index (Phi) is 7.12. The highest BCUT2D eigenvalue weighted by molar-refractivity contribution is 6.09. The number of pyridine rings is 1. The molecular formula is C51H38N4O. The van der Waals surface area contributed by atoms with Gasteiger partial charge in [-0.3, -0.25) is 4.57 Å². The summed E-state index contributed by atoms with van der Waals surface area (Å²) in [5.41, 5.74) is 16.9. The van der Waals surface area contributed by atoms with Crippen molar-refractivity contribution in [3.8, 4) is 28.1 Å². The molecule has 0 spiro atoms. The quantitative estimate of drug-likeness (QED) is 0.177. The third kappa shape index (κ3) is 4.55. The highest BCUT2D eigenvalue weighted by Gasteiger charge is 2.46. The maximum Gasteiger partial charge on any atom is 0.138 e. The first-order chi connectivity index (χ1) is 27.5. The standard InChI is InChI=1S/C51H38N4O/c1-33-14-12-15-34(2)50(33)35-28-29-52-49(30-35)54-45-23-9-6-20-41(45)42-27-26-37(32-48(42)54)51(43-21-7-4-18-39(43)40-19-5-8-22-44(40)51)36-16-13-17-38(31-36)55-47-25-11-10-24-46(47)53(3)56-55/h4-32H,1-3H3. The number of rotatable bonds is 5. The Morgan fingerprint density at radius 1 is 0.536 bits per heavy atom. The molecule has 0 bridgehead atoms. The van der Waals surface area contributed by atoms with Crippen LogP contribution < -0.4 is 10.1 Å². The zero-order valence-electron chi connectivity index (χ0n) is 31.4. The zero-order valence-corrected chi connectivity index (χ0v) is 31.4. The van der Waals surface area contributed by atoms with Gasteiger partial charge in [0.1, 0.15) is 5.82 Å². The Morgan fingerprint density at radius 3 is 1.96 bits per heavy atom. The van der Waals surface area contributed by atoms with Crippen molar-refractivity contribution in [2.45, 2.75) is 19.3 Å². The van der Waals surface area contributed by atoms with Crippen LogP contribution in [0.15, 0.2) is 176 Å². The second-order valence-corrected chi connectivity index (χ2v) is 15.0. The molecule has 7 aromatic carbocycles. The molecule has 5 nitrogen and oxygen atoms in total. The first-order valence-corrected chi connectivity index (χ1v) is 19.2. The van der Waals surface area contributed by atoms with E-state index in [0.717, 1.165) is 39.5 Å². The third-order valence-electron chi connectivity index (χ3n) is 12.0. The second kappa shape index (κ2) is 12.3. The molecule has 268 valence electrons. The van der Waals surface area contributed by atoms with Crippen molar-refractivity contribution < 1.29 is 4.94 Å². The van der Waals surface area contributed by atoms with Crippen molar-refractivity contribution in [1.82, 2.24) is 9.55 Å². The van der Waals surface area contributed by atoms with E-state index in [1.54, 1.807) is 0 Å². The summed E-state index contributed by atoms with van der Waals surface area (Å²) in [6, 6.07) is 61.7. The van der Waals surface area contributed by atoms with Crippen molar-refractivity contribution in [2.75, 3.05) is 17.2 Å². The van der Waals surface area contributed by atoms with Gasteiger partial charge < -0.3 is 0 Å². The van der Waals surface area contributed by atoms with Gasteiger partial charge >= 0.3 is 0 Å². The molecule has 2 aliphatic rings. The maximum absolute atomic E-state index is 6.38. The van der Waals surface area contributed by atoms with Crippen LogP contribution in [0.25, 0.3) is 49.9 Å². The predicted molar refractivity (Wildman–Crippen MR) is 229 cm³/mol. The molecule has 0 amide bonds. The largest absolute Gasteiger partial charge is 0.294 e.